The van der Waals surface area contributed by atoms with Crippen molar-refractivity contribution in [2.75, 3.05) is 13.1 Å². The monoisotopic (exact) mass is 273 g/mol. The number of hydrogen-bond acceptors (Lipinski definition) is 2. The smallest absolute Gasteiger partial charge is 0.248 e. The third-order valence-electron chi connectivity index (χ3n) is 4.45. The number of halogens is 2. The van der Waals surface area contributed by atoms with Gasteiger partial charge in [0.15, 0.2) is 0 Å². The number of Topliss-reactive ketones (excluding diaryl/α,β-unsaturated/α-hetero) is 1. The van der Waals surface area contributed by atoms with Gasteiger partial charge in [-0.05, 0) is 32.6 Å². The third kappa shape index (κ3) is 3.51. The van der Waals surface area contributed by atoms with Gasteiger partial charge in [-0.2, -0.15) is 0 Å². The average Bonchev–Trinajstić information content (AvgIpc) is 2.38. The van der Waals surface area contributed by atoms with Gasteiger partial charge in [0.05, 0.1) is 0 Å². The van der Waals surface area contributed by atoms with E-state index in [2.05, 4.69) is 0 Å². The molecule has 0 aromatic heterocycles. The zero-order chi connectivity index (χ0) is 14.0. The molecule has 1 aliphatic carbocycles. The Morgan fingerprint density at radius 1 is 1.00 bits per heavy atom. The zero-order valence-electron chi connectivity index (χ0n) is 11.3. The molecule has 19 heavy (non-hydrogen) atoms. The lowest BCUT2D eigenvalue weighted by atomic mass is 9.85. The number of likely N-dealkylation sites (tertiary alicyclic amines) is 1. The summed E-state index contributed by atoms with van der Waals surface area (Å²) < 4.78 is 26.1. The number of ketones is 1. The molecule has 2 fully saturated rings. The number of carbonyl (C=O) groups excluding carboxylic acids is 2. The molecule has 1 heterocycles. The molecule has 0 spiro atoms. The lowest BCUT2D eigenvalue weighted by Crippen LogP contribution is -2.44. The second-order valence-electron chi connectivity index (χ2n) is 5.84. The van der Waals surface area contributed by atoms with E-state index in [0.29, 0.717) is 38.8 Å². The van der Waals surface area contributed by atoms with Crippen molar-refractivity contribution in [2.24, 2.45) is 11.8 Å². The van der Waals surface area contributed by atoms with Gasteiger partial charge in [0, 0.05) is 37.8 Å². The van der Waals surface area contributed by atoms with Gasteiger partial charge in [0.2, 0.25) is 11.8 Å². The van der Waals surface area contributed by atoms with E-state index in [-0.39, 0.29) is 36.4 Å². The molecule has 5 heteroatoms. The minimum Gasteiger partial charge on any atom is -0.342 e. The summed E-state index contributed by atoms with van der Waals surface area (Å²) in [6, 6.07) is 0. The summed E-state index contributed by atoms with van der Waals surface area (Å²) in [6.07, 6.45) is 1.66. The van der Waals surface area contributed by atoms with Gasteiger partial charge in [-0.3, -0.25) is 9.59 Å². The summed E-state index contributed by atoms with van der Waals surface area (Å²) in [6.45, 7) is 2.78. The molecule has 1 saturated heterocycles. The Balaban J connectivity index is 1.83. The molecule has 0 aromatic carbocycles. The molecule has 2 aliphatic rings. The molecular formula is C14H21F2NO2. The molecule has 1 saturated carbocycles. The predicted molar refractivity (Wildman–Crippen MR) is 66.9 cm³/mol. The minimum atomic E-state index is -2.58. The van der Waals surface area contributed by atoms with Gasteiger partial charge in [0.25, 0.3) is 0 Å². The minimum absolute atomic E-state index is 0.0116. The summed E-state index contributed by atoms with van der Waals surface area (Å²) in [4.78, 5) is 25.3. The summed E-state index contributed by atoms with van der Waals surface area (Å²) >= 11 is 0. The highest BCUT2D eigenvalue weighted by molar-refractivity contribution is 5.81. The standard InChI is InChI=1S/C14H21F2NO2/c1-10(18)11-4-8-17(9-5-11)13(19)12-2-6-14(15,16)7-3-12/h11-12H,2-9H2,1H3. The van der Waals surface area contributed by atoms with Gasteiger partial charge in [-0.25, -0.2) is 8.78 Å². The number of alkyl halides is 2. The van der Waals surface area contributed by atoms with E-state index < -0.39 is 5.92 Å². The van der Waals surface area contributed by atoms with Crippen molar-refractivity contribution < 1.29 is 18.4 Å². The van der Waals surface area contributed by atoms with Crippen LogP contribution in [0.15, 0.2) is 0 Å². The predicted octanol–water partition coefficient (Wildman–Crippen LogP) is 2.64. The third-order valence-corrected chi connectivity index (χ3v) is 4.45. The highest BCUT2D eigenvalue weighted by Gasteiger charge is 2.39. The van der Waals surface area contributed by atoms with E-state index in [1.807, 2.05) is 0 Å². The molecule has 0 N–H and O–H groups in total. The molecule has 0 unspecified atom stereocenters. The molecule has 0 atom stereocenters. The first kappa shape index (κ1) is 14.4. The van der Waals surface area contributed by atoms with Crippen LogP contribution in [0.5, 0.6) is 0 Å². The van der Waals surface area contributed by atoms with Gasteiger partial charge in [-0.15, -0.1) is 0 Å². The van der Waals surface area contributed by atoms with Crippen molar-refractivity contribution in [3.8, 4) is 0 Å². The van der Waals surface area contributed by atoms with Crippen LogP contribution >= 0.6 is 0 Å². The lowest BCUT2D eigenvalue weighted by molar-refractivity contribution is -0.142. The van der Waals surface area contributed by atoms with Crippen LogP contribution in [0.4, 0.5) is 8.78 Å². The fourth-order valence-electron chi connectivity index (χ4n) is 3.05. The summed E-state index contributed by atoms with van der Waals surface area (Å²) in [5.74, 6) is -2.56. The zero-order valence-corrected chi connectivity index (χ0v) is 11.3. The molecule has 1 amide bonds. The number of rotatable bonds is 2. The van der Waals surface area contributed by atoms with Crippen molar-refractivity contribution >= 4 is 11.7 Å². The molecule has 0 bridgehead atoms. The van der Waals surface area contributed by atoms with Crippen LogP contribution in [0.25, 0.3) is 0 Å². The number of carbonyl (C=O) groups is 2. The van der Waals surface area contributed by atoms with Crippen molar-refractivity contribution in [2.45, 2.75) is 51.4 Å². The quantitative estimate of drug-likeness (QED) is 0.775. The first-order valence-electron chi connectivity index (χ1n) is 7.06. The van der Waals surface area contributed by atoms with Crippen molar-refractivity contribution in [1.82, 2.24) is 4.90 Å². The number of piperidine rings is 1. The second kappa shape index (κ2) is 5.55. The van der Waals surface area contributed by atoms with Gasteiger partial charge in [0.1, 0.15) is 5.78 Å². The average molecular weight is 273 g/mol. The Hall–Kier alpha value is -1.00. The highest BCUT2D eigenvalue weighted by Crippen LogP contribution is 2.37. The fraction of sp³-hybridized carbons (Fsp3) is 0.857. The highest BCUT2D eigenvalue weighted by atomic mass is 19.3. The fourth-order valence-corrected chi connectivity index (χ4v) is 3.05. The van der Waals surface area contributed by atoms with Crippen LogP contribution in [0.1, 0.15) is 45.4 Å². The van der Waals surface area contributed by atoms with Crippen molar-refractivity contribution in [3.63, 3.8) is 0 Å². The molecule has 0 aromatic rings. The number of amides is 1. The molecular weight excluding hydrogens is 252 g/mol. The lowest BCUT2D eigenvalue weighted by Gasteiger charge is -2.35. The van der Waals surface area contributed by atoms with Crippen LogP contribution in [0, 0.1) is 11.8 Å². The SMILES string of the molecule is CC(=O)C1CCN(C(=O)C2CCC(F)(F)CC2)CC1. The molecule has 1 aliphatic heterocycles. The van der Waals surface area contributed by atoms with Crippen LogP contribution in [-0.4, -0.2) is 35.6 Å². The first-order chi connectivity index (χ1) is 8.89. The Labute approximate surface area is 112 Å². The molecule has 108 valence electrons. The van der Waals surface area contributed by atoms with Gasteiger partial charge >= 0.3 is 0 Å². The van der Waals surface area contributed by atoms with Crippen LogP contribution in [-0.2, 0) is 9.59 Å². The first-order valence-corrected chi connectivity index (χ1v) is 7.06. The van der Waals surface area contributed by atoms with E-state index in [0.717, 1.165) is 0 Å². The van der Waals surface area contributed by atoms with Crippen LogP contribution in [0.2, 0.25) is 0 Å². The largest absolute Gasteiger partial charge is 0.342 e. The second-order valence-corrected chi connectivity index (χ2v) is 5.84. The Morgan fingerprint density at radius 3 is 2.00 bits per heavy atom. The number of nitrogens with zero attached hydrogens (tertiary/aromatic N) is 1. The van der Waals surface area contributed by atoms with Crippen LogP contribution < -0.4 is 0 Å². The van der Waals surface area contributed by atoms with E-state index in [4.69, 9.17) is 0 Å². The van der Waals surface area contributed by atoms with E-state index >= 15 is 0 Å². The van der Waals surface area contributed by atoms with E-state index in [1.165, 1.54) is 0 Å². The van der Waals surface area contributed by atoms with Gasteiger partial charge < -0.3 is 4.90 Å². The molecule has 2 rings (SSSR count). The number of hydrogen-bond donors (Lipinski definition) is 0. The Kier molecular flexibility index (Phi) is 4.21. The maximum absolute atomic E-state index is 13.1. The molecule has 3 nitrogen and oxygen atoms in total. The molecule has 0 radical (unpaired) electrons. The van der Waals surface area contributed by atoms with Gasteiger partial charge in [-0.1, -0.05) is 0 Å². The maximum Gasteiger partial charge on any atom is 0.248 e. The van der Waals surface area contributed by atoms with Crippen molar-refractivity contribution in [1.29, 1.82) is 0 Å². The topological polar surface area (TPSA) is 37.4 Å². The van der Waals surface area contributed by atoms with Crippen molar-refractivity contribution in [3.05, 3.63) is 0 Å². The summed E-state index contributed by atoms with van der Waals surface area (Å²) in [5, 5.41) is 0. The van der Waals surface area contributed by atoms with E-state index in [9.17, 15) is 18.4 Å². The normalized spacial score (nSPS) is 25.3. The van der Waals surface area contributed by atoms with Crippen LogP contribution in [0.3, 0.4) is 0 Å². The maximum atomic E-state index is 13.1. The summed E-state index contributed by atoms with van der Waals surface area (Å²) in [7, 11) is 0. The Bertz CT molecular complexity index is 352. The van der Waals surface area contributed by atoms with E-state index in [1.54, 1.807) is 11.8 Å². The summed E-state index contributed by atoms with van der Waals surface area (Å²) in [5.41, 5.74) is 0. The Morgan fingerprint density at radius 2 is 1.53 bits per heavy atom.